The SMILES string of the molecule is [C-]#[N+]/C(C#N)=C1/C(=C/c2cc(OC)c(-c3cc4c(s3)-c3cc5c(cc3C4(c3ccc(C)cc3)c3ccc(C)cc3)-c3sc(-c4sc(/C=C6\C(=O)c7ccc(C#N)cc7C6=C(C#N)C#N)cc4OC)cc3C5(c3ccc(C)cc3)c3ccc(C)cc3)s2)C(=O)c2ccc([N+]#[C-])cc21. The van der Waals surface area contributed by atoms with Gasteiger partial charge >= 0.3 is 0 Å². The van der Waals surface area contributed by atoms with Crippen LogP contribution in [0.2, 0.25) is 0 Å². The molecule has 0 saturated carbocycles. The number of hydrogen-bond donors (Lipinski definition) is 0. The molecular weight excluding hydrogens is 1260 g/mol. The second-order valence-corrected chi connectivity index (χ2v) is 28.4. The van der Waals surface area contributed by atoms with Gasteiger partial charge in [-0.25, -0.2) is 15.0 Å². The molecular formula is C82H48N6O4S4. The van der Waals surface area contributed by atoms with Crippen molar-refractivity contribution in [3.05, 3.63) is 319 Å². The molecule has 7 aromatic carbocycles. The Morgan fingerprint density at radius 3 is 1.25 bits per heavy atom. The van der Waals surface area contributed by atoms with Gasteiger partial charge in [-0.15, -0.1) is 45.3 Å². The van der Waals surface area contributed by atoms with E-state index >= 15 is 0 Å². The van der Waals surface area contributed by atoms with E-state index in [-0.39, 0.29) is 45.1 Å². The van der Waals surface area contributed by atoms with Crippen molar-refractivity contribution in [3.8, 4) is 76.2 Å². The molecule has 96 heavy (non-hydrogen) atoms. The fourth-order valence-electron chi connectivity index (χ4n) is 14.4. The number of aryl methyl sites for hydroxylation is 4. The van der Waals surface area contributed by atoms with Gasteiger partial charge in [0.15, 0.2) is 17.3 Å². The van der Waals surface area contributed by atoms with Crippen molar-refractivity contribution >= 4 is 85.9 Å². The minimum Gasteiger partial charge on any atom is -0.495 e. The molecule has 0 aliphatic heterocycles. The molecule has 0 bridgehead atoms. The Labute approximate surface area is 570 Å². The number of ether oxygens (including phenoxy) is 2. The number of methoxy groups -OCH3 is 2. The van der Waals surface area contributed by atoms with E-state index in [1.165, 1.54) is 22.7 Å². The van der Waals surface area contributed by atoms with Crippen LogP contribution in [0, 0.1) is 86.2 Å². The molecule has 0 fully saturated rings. The van der Waals surface area contributed by atoms with Crippen LogP contribution in [0.5, 0.6) is 11.5 Å². The molecule has 0 N–H and O–H groups in total. The van der Waals surface area contributed by atoms with Gasteiger partial charge in [-0.05, 0) is 167 Å². The Morgan fingerprint density at radius 2 is 0.865 bits per heavy atom. The highest BCUT2D eigenvalue weighted by Crippen LogP contribution is 2.67. The number of benzene rings is 7. The number of fused-ring (bicyclic) bond motifs is 8. The lowest BCUT2D eigenvalue weighted by atomic mass is 9.65. The molecule has 454 valence electrons. The lowest BCUT2D eigenvalue weighted by molar-refractivity contribution is 0.103. The van der Waals surface area contributed by atoms with Crippen molar-refractivity contribution in [1.82, 2.24) is 0 Å². The molecule has 4 aromatic heterocycles. The smallest absolute Gasteiger partial charge is 0.270 e. The number of Topliss-reactive ketones (excluding diaryl/α,β-unsaturated/α-hetero) is 2. The quantitative estimate of drug-likeness (QED) is 0.0744. The molecule has 0 saturated heterocycles. The van der Waals surface area contributed by atoms with Crippen LogP contribution < -0.4 is 9.47 Å². The first kappa shape index (κ1) is 60.4. The van der Waals surface area contributed by atoms with E-state index in [2.05, 4.69) is 165 Å². The predicted molar refractivity (Wildman–Crippen MR) is 381 cm³/mol. The second kappa shape index (κ2) is 23.0. The highest BCUT2D eigenvalue weighted by molar-refractivity contribution is 7.25. The van der Waals surface area contributed by atoms with Gasteiger partial charge in [0, 0.05) is 62.7 Å². The zero-order valence-corrected chi connectivity index (χ0v) is 55.5. The number of carbonyl (C=O) groups excluding carboxylic acids is 2. The fraction of sp³-hybridized carbons (Fsp3) is 0.0976. The molecule has 0 amide bonds. The maximum absolute atomic E-state index is 14.4. The molecule has 4 aliphatic carbocycles. The van der Waals surface area contributed by atoms with Gasteiger partial charge in [-0.2, -0.15) is 15.8 Å². The maximum atomic E-state index is 14.4. The summed E-state index contributed by atoms with van der Waals surface area (Å²) in [5.74, 6) is 0.500. The van der Waals surface area contributed by atoms with E-state index in [9.17, 15) is 30.6 Å². The third kappa shape index (κ3) is 8.94. The first-order valence-electron chi connectivity index (χ1n) is 30.4. The van der Waals surface area contributed by atoms with Crippen LogP contribution in [-0.2, 0) is 10.8 Å². The van der Waals surface area contributed by atoms with E-state index in [0.717, 1.165) is 107 Å². The highest BCUT2D eigenvalue weighted by atomic mass is 32.1. The molecule has 15 rings (SSSR count). The van der Waals surface area contributed by atoms with Crippen molar-refractivity contribution in [1.29, 1.82) is 21.0 Å². The minimum absolute atomic E-state index is 0.188. The Hall–Kier alpha value is -11.8. The van der Waals surface area contributed by atoms with Crippen molar-refractivity contribution in [2.75, 3.05) is 14.2 Å². The Morgan fingerprint density at radius 1 is 0.448 bits per heavy atom. The van der Waals surface area contributed by atoms with Gasteiger partial charge < -0.3 is 9.47 Å². The van der Waals surface area contributed by atoms with Crippen molar-refractivity contribution in [2.45, 2.75) is 38.5 Å². The average molecular weight is 1310 g/mol. The zero-order chi connectivity index (χ0) is 66.6. The van der Waals surface area contributed by atoms with Crippen LogP contribution in [0.1, 0.15) is 114 Å². The van der Waals surface area contributed by atoms with E-state index in [1.54, 1.807) is 85.4 Å². The molecule has 11 aromatic rings. The summed E-state index contributed by atoms with van der Waals surface area (Å²) in [6.07, 6.45) is 3.47. The number of hydrogen-bond acceptors (Lipinski definition) is 12. The summed E-state index contributed by atoms with van der Waals surface area (Å²) in [5, 5.41) is 40.6. The predicted octanol–water partition coefficient (Wildman–Crippen LogP) is 20.2. The maximum Gasteiger partial charge on any atom is 0.270 e. The van der Waals surface area contributed by atoms with Crippen LogP contribution in [-0.4, -0.2) is 25.8 Å². The van der Waals surface area contributed by atoms with Gasteiger partial charge in [0.2, 0.25) is 0 Å². The zero-order valence-electron chi connectivity index (χ0n) is 52.3. The number of rotatable bonds is 10. The molecule has 4 aliphatic rings. The number of allylic oxidation sites excluding steroid dienone is 6. The largest absolute Gasteiger partial charge is 0.495 e. The highest BCUT2D eigenvalue weighted by Gasteiger charge is 2.53. The summed E-state index contributed by atoms with van der Waals surface area (Å²) in [6.45, 7) is 24.1. The van der Waals surface area contributed by atoms with E-state index < -0.39 is 10.8 Å². The van der Waals surface area contributed by atoms with Gasteiger partial charge in [0.25, 0.3) is 5.70 Å². The van der Waals surface area contributed by atoms with E-state index in [4.69, 9.17) is 22.6 Å². The van der Waals surface area contributed by atoms with E-state index in [0.29, 0.717) is 54.8 Å². The van der Waals surface area contributed by atoms with Crippen LogP contribution in [0.3, 0.4) is 0 Å². The average Bonchev–Trinajstić information content (AvgIpc) is 1.50. The molecule has 0 spiro atoms. The molecule has 14 heteroatoms. The number of ketones is 2. The number of nitrogens with zero attached hydrogens (tertiary/aromatic N) is 6. The Bertz CT molecular complexity index is 5220. The van der Waals surface area contributed by atoms with Crippen LogP contribution in [0.25, 0.3) is 73.4 Å². The summed E-state index contributed by atoms with van der Waals surface area (Å²) in [7, 11) is 3.27. The topological polar surface area (TPSA) is 156 Å². The summed E-state index contributed by atoms with van der Waals surface area (Å²) in [4.78, 5) is 43.0. The molecule has 0 radical (unpaired) electrons. The van der Waals surface area contributed by atoms with Crippen molar-refractivity contribution < 1.29 is 19.1 Å². The summed E-state index contributed by atoms with van der Waals surface area (Å²) in [6, 6.07) is 66.4. The van der Waals surface area contributed by atoms with Gasteiger partial charge in [0.05, 0.1) is 65.7 Å². The van der Waals surface area contributed by atoms with Gasteiger partial charge in [-0.3, -0.25) is 9.59 Å². The fourth-order valence-corrected chi connectivity index (χ4v) is 19.2. The first-order chi connectivity index (χ1) is 46.6. The van der Waals surface area contributed by atoms with E-state index in [1.807, 2.05) is 30.3 Å². The van der Waals surface area contributed by atoms with Crippen molar-refractivity contribution in [3.63, 3.8) is 0 Å². The van der Waals surface area contributed by atoms with Crippen LogP contribution in [0.4, 0.5) is 5.69 Å². The number of carbonyl (C=O) groups is 2. The third-order valence-electron chi connectivity index (χ3n) is 18.8. The van der Waals surface area contributed by atoms with Crippen LogP contribution in [0.15, 0.2) is 192 Å². The molecule has 0 unspecified atom stereocenters. The summed E-state index contributed by atoms with van der Waals surface area (Å²) >= 11 is 6.30. The third-order valence-corrected chi connectivity index (χ3v) is 23.6. The summed E-state index contributed by atoms with van der Waals surface area (Å²) < 4.78 is 12.5. The molecule has 0 atom stereocenters. The first-order valence-corrected chi connectivity index (χ1v) is 33.7. The standard InChI is InChI=1S/C82H48N6O4S4/c1-43-9-18-49(19-10-43)81(50-20-11-44(2)12-21-50)64-36-61-65(35-60(64)77-66(81)37-71(95-77)79-69(91-7)33-54(93-79)31-62-73(48(40-84)41-85)58-29-47(39-83)17-27-56(58)75(62)89)82(51-22-13-45(3)14-23-51,52-24-15-46(4)16-25-52)67-38-72(96-78(61)67)80-70(92-8)34-55(94-80)32-63-74(68(42-86)88-6)59-30-53(87-5)26-28-57(59)76(63)90/h9-38H,1-4,7-8H3/b62-31-,63-32-,74-68+. The number of nitriles is 4. The molecule has 10 nitrogen and oxygen atoms in total. The molecule has 4 heterocycles. The van der Waals surface area contributed by atoms with Crippen molar-refractivity contribution in [2.24, 2.45) is 0 Å². The van der Waals surface area contributed by atoms with Crippen LogP contribution >= 0.6 is 45.3 Å². The lowest BCUT2D eigenvalue weighted by Gasteiger charge is -2.35. The van der Waals surface area contributed by atoms with Gasteiger partial charge in [-0.1, -0.05) is 131 Å². The lowest BCUT2D eigenvalue weighted by Crippen LogP contribution is -2.30. The normalized spacial score (nSPS) is 15.3. The Kier molecular flexibility index (Phi) is 14.5. The van der Waals surface area contributed by atoms with Gasteiger partial charge in [0.1, 0.15) is 29.2 Å². The second-order valence-electron chi connectivity index (χ2n) is 24.1. The Balaban J connectivity index is 0.972. The monoisotopic (exact) mass is 1310 g/mol. The minimum atomic E-state index is -0.875. The number of thiophene rings is 4. The summed E-state index contributed by atoms with van der Waals surface area (Å²) in [5.41, 5.74) is 16.0.